The maximum Gasteiger partial charge on any atom is 0.229 e. The number of rotatable bonds is 5. The molecule has 2 aromatic carbocycles. The van der Waals surface area contributed by atoms with Crippen LogP contribution in [0.25, 0.3) is 10.8 Å². The molecule has 0 fully saturated rings. The van der Waals surface area contributed by atoms with Crippen LogP contribution in [0.2, 0.25) is 0 Å². The van der Waals surface area contributed by atoms with E-state index in [1.807, 2.05) is 36.4 Å². The summed E-state index contributed by atoms with van der Waals surface area (Å²) in [5, 5.41) is 19.8. The van der Waals surface area contributed by atoms with Crippen molar-refractivity contribution in [3.8, 4) is 0 Å². The number of ketones is 2. The zero-order chi connectivity index (χ0) is 13.8. The number of carbonyl (C=O) groups excluding carboxylic acids is 2. The SMILES string of the molecule is O=C(Cc1ccc2ccccc2c1)C(=O)[C@@H](O)CO. The number of benzene rings is 2. The van der Waals surface area contributed by atoms with Gasteiger partial charge in [0.15, 0.2) is 0 Å². The number of hydrogen-bond donors (Lipinski definition) is 2. The fraction of sp³-hybridized carbons (Fsp3) is 0.200. The quantitative estimate of drug-likeness (QED) is 0.780. The highest BCUT2D eigenvalue weighted by Gasteiger charge is 2.22. The lowest BCUT2D eigenvalue weighted by atomic mass is 10.0. The van der Waals surface area contributed by atoms with Crippen molar-refractivity contribution in [1.29, 1.82) is 0 Å². The van der Waals surface area contributed by atoms with Crippen molar-refractivity contribution < 1.29 is 19.8 Å². The average Bonchev–Trinajstić information content (AvgIpc) is 2.45. The Morgan fingerprint density at radius 3 is 2.42 bits per heavy atom. The van der Waals surface area contributed by atoms with Crippen molar-refractivity contribution >= 4 is 22.3 Å². The van der Waals surface area contributed by atoms with Gasteiger partial charge in [-0.05, 0) is 16.3 Å². The van der Waals surface area contributed by atoms with Gasteiger partial charge >= 0.3 is 0 Å². The molecule has 2 rings (SSSR count). The first-order valence-electron chi connectivity index (χ1n) is 5.95. The van der Waals surface area contributed by atoms with Gasteiger partial charge in [-0.1, -0.05) is 42.5 Å². The molecule has 2 aromatic rings. The molecule has 0 bridgehead atoms. The number of fused-ring (bicyclic) bond motifs is 1. The van der Waals surface area contributed by atoms with E-state index in [1.165, 1.54) is 0 Å². The van der Waals surface area contributed by atoms with Crippen LogP contribution in [0.5, 0.6) is 0 Å². The molecule has 0 aliphatic heterocycles. The molecule has 0 aliphatic carbocycles. The normalized spacial score (nSPS) is 12.3. The zero-order valence-electron chi connectivity index (χ0n) is 10.2. The maximum atomic E-state index is 11.6. The highest BCUT2D eigenvalue weighted by atomic mass is 16.3. The Morgan fingerprint density at radius 1 is 1.05 bits per heavy atom. The molecule has 98 valence electrons. The molecule has 4 heteroatoms. The molecular weight excluding hydrogens is 244 g/mol. The second-order valence-corrected chi connectivity index (χ2v) is 4.34. The molecule has 0 heterocycles. The molecule has 0 spiro atoms. The van der Waals surface area contributed by atoms with Crippen molar-refractivity contribution in [2.75, 3.05) is 6.61 Å². The van der Waals surface area contributed by atoms with Crippen LogP contribution in [0.1, 0.15) is 5.56 Å². The first-order chi connectivity index (χ1) is 9.11. The molecule has 4 nitrogen and oxygen atoms in total. The van der Waals surface area contributed by atoms with Gasteiger partial charge in [0.2, 0.25) is 11.6 Å². The predicted octanol–water partition coefficient (Wildman–Crippen LogP) is 0.874. The summed E-state index contributed by atoms with van der Waals surface area (Å²) in [5.41, 5.74) is 0.710. The van der Waals surface area contributed by atoms with Crippen molar-refractivity contribution in [2.24, 2.45) is 0 Å². The Balaban J connectivity index is 2.17. The molecule has 0 saturated carbocycles. The summed E-state index contributed by atoms with van der Waals surface area (Å²) in [5.74, 6) is -1.65. The molecule has 0 radical (unpaired) electrons. The zero-order valence-corrected chi connectivity index (χ0v) is 10.2. The lowest BCUT2D eigenvalue weighted by Gasteiger charge is -2.06. The Bertz CT molecular complexity index is 618. The Kier molecular flexibility index (Phi) is 4.04. The summed E-state index contributed by atoms with van der Waals surface area (Å²) >= 11 is 0. The molecule has 0 amide bonds. The van der Waals surface area contributed by atoms with E-state index < -0.39 is 24.3 Å². The van der Waals surface area contributed by atoms with Crippen LogP contribution < -0.4 is 0 Å². The van der Waals surface area contributed by atoms with Gasteiger partial charge in [-0.2, -0.15) is 0 Å². The van der Waals surface area contributed by atoms with Crippen LogP contribution in [-0.4, -0.2) is 34.5 Å². The summed E-state index contributed by atoms with van der Waals surface area (Å²) in [6.07, 6.45) is -1.69. The molecule has 2 N–H and O–H groups in total. The third-order valence-corrected chi connectivity index (χ3v) is 2.93. The van der Waals surface area contributed by atoms with Crippen molar-refractivity contribution in [1.82, 2.24) is 0 Å². The van der Waals surface area contributed by atoms with Crippen LogP contribution in [0.15, 0.2) is 42.5 Å². The first-order valence-corrected chi connectivity index (χ1v) is 5.95. The Morgan fingerprint density at radius 2 is 1.74 bits per heavy atom. The van der Waals surface area contributed by atoms with E-state index in [9.17, 15) is 9.59 Å². The number of aliphatic hydroxyl groups is 2. The molecule has 0 unspecified atom stereocenters. The van der Waals surface area contributed by atoms with Crippen molar-refractivity contribution in [3.05, 3.63) is 48.0 Å². The summed E-state index contributed by atoms with van der Waals surface area (Å²) in [7, 11) is 0. The predicted molar refractivity (Wildman–Crippen MR) is 70.8 cm³/mol. The monoisotopic (exact) mass is 258 g/mol. The topological polar surface area (TPSA) is 74.6 Å². The highest BCUT2D eigenvalue weighted by molar-refractivity contribution is 6.39. The van der Waals surface area contributed by atoms with Crippen molar-refractivity contribution in [3.63, 3.8) is 0 Å². The summed E-state index contributed by atoms with van der Waals surface area (Å²) in [4.78, 5) is 23.0. The van der Waals surface area contributed by atoms with E-state index in [2.05, 4.69) is 0 Å². The second kappa shape index (κ2) is 5.73. The largest absolute Gasteiger partial charge is 0.393 e. The molecule has 0 saturated heterocycles. The minimum atomic E-state index is -1.62. The van der Waals surface area contributed by atoms with Crippen molar-refractivity contribution in [2.45, 2.75) is 12.5 Å². The fourth-order valence-electron chi connectivity index (χ4n) is 1.89. The summed E-state index contributed by atoms with van der Waals surface area (Å²) < 4.78 is 0. The summed E-state index contributed by atoms with van der Waals surface area (Å²) in [6, 6.07) is 13.2. The van der Waals surface area contributed by atoms with Gasteiger partial charge < -0.3 is 10.2 Å². The standard InChI is InChI=1S/C15H14O4/c16-9-14(18)15(19)13(17)8-10-5-6-11-3-1-2-4-12(11)7-10/h1-7,14,16,18H,8-9H2/t14-/m0/s1. The minimum absolute atomic E-state index is 0.0687. The van der Waals surface area contributed by atoms with Gasteiger partial charge in [0, 0.05) is 6.42 Å². The van der Waals surface area contributed by atoms with Crippen LogP contribution in [0.3, 0.4) is 0 Å². The van der Waals surface area contributed by atoms with Gasteiger partial charge in [0.05, 0.1) is 6.61 Å². The van der Waals surface area contributed by atoms with Crippen LogP contribution in [-0.2, 0) is 16.0 Å². The minimum Gasteiger partial charge on any atom is -0.393 e. The highest BCUT2D eigenvalue weighted by Crippen LogP contribution is 2.16. The maximum absolute atomic E-state index is 11.6. The summed E-state index contributed by atoms with van der Waals surface area (Å²) in [6.45, 7) is -0.734. The third kappa shape index (κ3) is 3.05. The smallest absolute Gasteiger partial charge is 0.229 e. The first kappa shape index (κ1) is 13.4. The Labute approximate surface area is 110 Å². The number of hydrogen-bond acceptors (Lipinski definition) is 4. The number of carbonyl (C=O) groups is 2. The Hall–Kier alpha value is -2.04. The van der Waals surface area contributed by atoms with Gasteiger partial charge in [-0.25, -0.2) is 0 Å². The van der Waals surface area contributed by atoms with Crippen LogP contribution in [0, 0.1) is 0 Å². The van der Waals surface area contributed by atoms with E-state index >= 15 is 0 Å². The molecular formula is C15H14O4. The van der Waals surface area contributed by atoms with E-state index in [0.717, 1.165) is 10.8 Å². The number of aliphatic hydroxyl groups excluding tert-OH is 2. The fourth-order valence-corrected chi connectivity index (χ4v) is 1.89. The van der Waals surface area contributed by atoms with E-state index in [-0.39, 0.29) is 6.42 Å². The van der Waals surface area contributed by atoms with Gasteiger partial charge in [-0.3, -0.25) is 9.59 Å². The third-order valence-electron chi connectivity index (χ3n) is 2.93. The van der Waals surface area contributed by atoms with Crippen LogP contribution in [0.4, 0.5) is 0 Å². The van der Waals surface area contributed by atoms with Gasteiger partial charge in [-0.15, -0.1) is 0 Å². The molecule has 1 atom stereocenters. The van der Waals surface area contributed by atoms with E-state index in [4.69, 9.17) is 10.2 Å². The molecule has 0 aromatic heterocycles. The van der Waals surface area contributed by atoms with Crippen LogP contribution >= 0.6 is 0 Å². The lowest BCUT2D eigenvalue weighted by Crippen LogP contribution is -2.32. The van der Waals surface area contributed by atoms with Gasteiger partial charge in [0.25, 0.3) is 0 Å². The number of Topliss-reactive ketones (excluding diaryl/α,β-unsaturated/α-hetero) is 2. The van der Waals surface area contributed by atoms with E-state index in [0.29, 0.717) is 5.56 Å². The molecule has 19 heavy (non-hydrogen) atoms. The van der Waals surface area contributed by atoms with Gasteiger partial charge in [0.1, 0.15) is 6.10 Å². The second-order valence-electron chi connectivity index (χ2n) is 4.34. The lowest BCUT2D eigenvalue weighted by molar-refractivity contribution is -0.142. The van der Waals surface area contributed by atoms with E-state index in [1.54, 1.807) is 6.07 Å². The average molecular weight is 258 g/mol. The molecule has 0 aliphatic rings.